The Labute approximate surface area is 215 Å². The summed E-state index contributed by atoms with van der Waals surface area (Å²) in [6.07, 6.45) is 2.45. The first-order valence-corrected chi connectivity index (χ1v) is 12.9. The third kappa shape index (κ3) is 5.85. The second-order valence-electron chi connectivity index (χ2n) is 7.52. The standard InChI is InChI=1S/C25H20Cl2N2O3S2/c26-17-6-8-19(20(27)15-17)24(30)29(21(25(31)32)14-16-4-2-1-3-5-16)12-10-18-7-9-22(34-18)23-28-11-13-33-23/h1-9,11,13,15,21H,10,12,14H2,(H,31,32)/t21-/m0/s1. The summed E-state index contributed by atoms with van der Waals surface area (Å²) in [6, 6.07) is 16.8. The molecule has 0 saturated heterocycles. The Bertz CT molecular complexity index is 1280. The van der Waals surface area contributed by atoms with E-state index in [0.29, 0.717) is 11.4 Å². The number of carbonyl (C=O) groups is 2. The summed E-state index contributed by atoms with van der Waals surface area (Å²) < 4.78 is 0. The lowest BCUT2D eigenvalue weighted by atomic mass is 10.0. The monoisotopic (exact) mass is 530 g/mol. The molecule has 0 unspecified atom stereocenters. The van der Waals surface area contributed by atoms with Crippen LogP contribution in [0.25, 0.3) is 9.88 Å². The van der Waals surface area contributed by atoms with Gasteiger partial charge in [-0.3, -0.25) is 4.79 Å². The molecule has 174 valence electrons. The van der Waals surface area contributed by atoms with E-state index in [4.69, 9.17) is 23.2 Å². The maximum Gasteiger partial charge on any atom is 0.326 e. The number of aliphatic carboxylic acids is 1. The number of thiophene rings is 1. The zero-order chi connectivity index (χ0) is 24.1. The number of carboxylic acid groups (broad SMARTS) is 1. The average molecular weight is 531 g/mol. The van der Waals surface area contributed by atoms with E-state index in [0.717, 1.165) is 20.3 Å². The number of carbonyl (C=O) groups excluding carboxylic acids is 1. The minimum absolute atomic E-state index is 0.182. The summed E-state index contributed by atoms with van der Waals surface area (Å²) in [7, 11) is 0. The zero-order valence-electron chi connectivity index (χ0n) is 17.9. The van der Waals surface area contributed by atoms with E-state index in [1.54, 1.807) is 34.9 Å². The normalized spacial score (nSPS) is 11.8. The summed E-state index contributed by atoms with van der Waals surface area (Å²) in [5.41, 5.74) is 1.05. The smallest absolute Gasteiger partial charge is 0.326 e. The first-order valence-electron chi connectivity index (χ1n) is 10.4. The molecule has 1 atom stereocenters. The Balaban J connectivity index is 1.62. The van der Waals surface area contributed by atoms with E-state index >= 15 is 0 Å². The molecule has 2 aromatic heterocycles. The van der Waals surface area contributed by atoms with Crippen molar-refractivity contribution in [1.82, 2.24) is 9.88 Å². The van der Waals surface area contributed by atoms with Gasteiger partial charge < -0.3 is 10.0 Å². The number of thiazole rings is 1. The van der Waals surface area contributed by atoms with E-state index in [1.165, 1.54) is 17.0 Å². The van der Waals surface area contributed by atoms with Crippen molar-refractivity contribution in [3.63, 3.8) is 0 Å². The molecule has 1 amide bonds. The second-order valence-corrected chi connectivity index (χ2v) is 10.4. The molecule has 0 spiro atoms. The highest BCUT2D eigenvalue weighted by Crippen LogP contribution is 2.30. The molecule has 0 aliphatic rings. The van der Waals surface area contributed by atoms with Gasteiger partial charge in [0, 0.05) is 34.4 Å². The molecule has 2 aromatic carbocycles. The first-order chi connectivity index (χ1) is 16.4. The predicted molar refractivity (Wildman–Crippen MR) is 138 cm³/mol. The van der Waals surface area contributed by atoms with Crippen molar-refractivity contribution in [3.05, 3.63) is 98.3 Å². The highest BCUT2D eigenvalue weighted by molar-refractivity contribution is 7.21. The van der Waals surface area contributed by atoms with Gasteiger partial charge in [-0.25, -0.2) is 9.78 Å². The summed E-state index contributed by atoms with van der Waals surface area (Å²) in [4.78, 5) is 33.7. The maximum absolute atomic E-state index is 13.6. The van der Waals surface area contributed by atoms with Crippen molar-refractivity contribution in [3.8, 4) is 9.88 Å². The molecule has 0 saturated carbocycles. The largest absolute Gasteiger partial charge is 0.480 e. The van der Waals surface area contributed by atoms with Gasteiger partial charge in [0.1, 0.15) is 11.0 Å². The molecule has 9 heteroatoms. The van der Waals surface area contributed by atoms with E-state index in [-0.39, 0.29) is 23.6 Å². The average Bonchev–Trinajstić information content (AvgIpc) is 3.51. The molecule has 4 aromatic rings. The van der Waals surface area contributed by atoms with Gasteiger partial charge in [0.15, 0.2) is 0 Å². The Morgan fingerprint density at radius 3 is 2.53 bits per heavy atom. The number of nitrogens with zero attached hydrogens (tertiary/aromatic N) is 2. The van der Waals surface area contributed by atoms with Gasteiger partial charge in [0.2, 0.25) is 0 Å². The summed E-state index contributed by atoms with van der Waals surface area (Å²) in [5, 5.41) is 13.5. The van der Waals surface area contributed by atoms with Crippen LogP contribution in [-0.2, 0) is 17.6 Å². The number of aromatic nitrogens is 1. The number of amides is 1. The molecule has 0 aliphatic heterocycles. The van der Waals surface area contributed by atoms with Crippen molar-refractivity contribution in [2.24, 2.45) is 0 Å². The fourth-order valence-corrected chi connectivity index (χ4v) is 5.79. The number of carboxylic acids is 1. The SMILES string of the molecule is O=C(O)[C@H](Cc1ccccc1)N(CCc1ccc(-c2nccs2)s1)C(=O)c1ccc(Cl)cc1Cl. The molecule has 0 aliphatic carbocycles. The molecular formula is C25H20Cl2N2O3S2. The molecule has 2 heterocycles. The van der Waals surface area contributed by atoms with Crippen LogP contribution in [0.2, 0.25) is 10.0 Å². The topological polar surface area (TPSA) is 70.5 Å². The molecule has 0 fully saturated rings. The van der Waals surface area contributed by atoms with Crippen molar-refractivity contribution in [2.45, 2.75) is 18.9 Å². The van der Waals surface area contributed by atoms with E-state index in [1.807, 2.05) is 47.8 Å². The lowest BCUT2D eigenvalue weighted by Gasteiger charge is -2.29. The first kappa shape index (κ1) is 24.4. The molecular weight excluding hydrogens is 511 g/mol. The fourth-order valence-electron chi connectivity index (χ4n) is 3.59. The van der Waals surface area contributed by atoms with Crippen LogP contribution in [0, 0.1) is 0 Å². The molecule has 34 heavy (non-hydrogen) atoms. The fraction of sp³-hybridized carbons (Fsp3) is 0.160. The third-order valence-corrected chi connectivity index (χ3v) is 7.89. The molecule has 0 radical (unpaired) electrons. The molecule has 5 nitrogen and oxygen atoms in total. The van der Waals surface area contributed by atoms with Crippen LogP contribution >= 0.6 is 45.9 Å². The number of benzene rings is 2. The van der Waals surface area contributed by atoms with Gasteiger partial charge in [-0.05, 0) is 42.3 Å². The predicted octanol–water partition coefficient (Wildman–Crippen LogP) is 6.56. The minimum Gasteiger partial charge on any atom is -0.480 e. The number of halogens is 2. The Kier molecular flexibility index (Phi) is 8.00. The summed E-state index contributed by atoms with van der Waals surface area (Å²) >= 11 is 15.5. The second kappa shape index (κ2) is 11.1. The van der Waals surface area contributed by atoms with E-state index in [9.17, 15) is 14.7 Å². The molecule has 0 bridgehead atoms. The van der Waals surface area contributed by atoms with Crippen LogP contribution in [0.15, 0.2) is 72.2 Å². The number of hydrogen-bond acceptors (Lipinski definition) is 5. The molecule has 4 rings (SSSR count). The lowest BCUT2D eigenvalue weighted by Crippen LogP contribution is -2.47. The van der Waals surface area contributed by atoms with Crippen LogP contribution in [0.5, 0.6) is 0 Å². The van der Waals surface area contributed by atoms with Gasteiger partial charge >= 0.3 is 5.97 Å². The quantitative estimate of drug-likeness (QED) is 0.266. The van der Waals surface area contributed by atoms with Crippen molar-refractivity contribution >= 4 is 57.8 Å². The highest BCUT2D eigenvalue weighted by Gasteiger charge is 2.31. The van der Waals surface area contributed by atoms with Crippen LogP contribution in [0.4, 0.5) is 0 Å². The zero-order valence-corrected chi connectivity index (χ0v) is 21.0. The Morgan fingerprint density at radius 2 is 1.85 bits per heavy atom. The summed E-state index contributed by atoms with van der Waals surface area (Å²) in [5.74, 6) is -1.52. The summed E-state index contributed by atoms with van der Waals surface area (Å²) in [6.45, 7) is 0.222. The van der Waals surface area contributed by atoms with Gasteiger partial charge in [-0.1, -0.05) is 53.5 Å². The van der Waals surface area contributed by atoms with Crippen LogP contribution in [0.3, 0.4) is 0 Å². The lowest BCUT2D eigenvalue weighted by molar-refractivity contribution is -0.142. The maximum atomic E-state index is 13.6. The number of hydrogen-bond donors (Lipinski definition) is 1. The molecule has 1 N–H and O–H groups in total. The van der Waals surface area contributed by atoms with Crippen LogP contribution < -0.4 is 0 Å². The third-order valence-electron chi connectivity index (χ3n) is 5.26. The van der Waals surface area contributed by atoms with Crippen molar-refractivity contribution in [1.29, 1.82) is 0 Å². The van der Waals surface area contributed by atoms with Crippen molar-refractivity contribution < 1.29 is 14.7 Å². The van der Waals surface area contributed by atoms with Gasteiger partial charge in [0.05, 0.1) is 15.5 Å². The Morgan fingerprint density at radius 1 is 1.06 bits per heavy atom. The van der Waals surface area contributed by atoms with Gasteiger partial charge in [-0.15, -0.1) is 22.7 Å². The van der Waals surface area contributed by atoms with E-state index in [2.05, 4.69) is 4.98 Å². The van der Waals surface area contributed by atoms with Gasteiger partial charge in [-0.2, -0.15) is 0 Å². The minimum atomic E-state index is -1.07. The highest BCUT2D eigenvalue weighted by atomic mass is 35.5. The Hall–Kier alpha value is -2.71. The van der Waals surface area contributed by atoms with Gasteiger partial charge in [0.25, 0.3) is 5.91 Å². The van der Waals surface area contributed by atoms with Crippen LogP contribution in [-0.4, -0.2) is 39.5 Å². The van der Waals surface area contributed by atoms with Crippen molar-refractivity contribution in [2.75, 3.05) is 6.54 Å². The van der Waals surface area contributed by atoms with Crippen LogP contribution in [0.1, 0.15) is 20.8 Å². The number of rotatable bonds is 9. The van der Waals surface area contributed by atoms with E-state index < -0.39 is 17.9 Å².